The van der Waals surface area contributed by atoms with Gasteiger partial charge in [-0.05, 0) is 49.1 Å². The maximum atomic E-state index is 12.4. The first-order chi connectivity index (χ1) is 14.6. The van der Waals surface area contributed by atoms with Crippen LogP contribution in [-0.4, -0.2) is 31.8 Å². The Kier molecular flexibility index (Phi) is 6.77. The molecular formula is C24H28N2O3S. The van der Waals surface area contributed by atoms with Gasteiger partial charge < -0.3 is 14.8 Å². The fraction of sp³-hybridized carbons (Fsp3) is 0.417. The molecule has 0 saturated carbocycles. The number of carboxylic acid groups (broad SMARTS) is 1. The van der Waals surface area contributed by atoms with E-state index in [4.69, 9.17) is 0 Å². The van der Waals surface area contributed by atoms with Crippen LogP contribution in [0, 0.1) is 0 Å². The number of quaternary nitrogens is 1. The summed E-state index contributed by atoms with van der Waals surface area (Å²) in [5.74, 6) is -1.14. The topological polar surface area (TPSA) is 73.7 Å². The molecule has 2 saturated heterocycles. The quantitative estimate of drug-likeness (QED) is 0.611. The molecule has 2 aromatic carbocycles. The lowest BCUT2D eigenvalue weighted by Gasteiger charge is -2.31. The number of carbonyl (C=O) groups is 1. The molecule has 6 heteroatoms. The van der Waals surface area contributed by atoms with Crippen LogP contribution < -0.4 is 20.8 Å². The summed E-state index contributed by atoms with van der Waals surface area (Å²) >= 11 is 1.53. The van der Waals surface area contributed by atoms with Gasteiger partial charge in [-0.3, -0.25) is 10.1 Å². The van der Waals surface area contributed by atoms with Crippen LogP contribution in [0.5, 0.6) is 0 Å². The molecule has 2 unspecified atom stereocenters. The molecule has 2 aliphatic heterocycles. The first-order valence-corrected chi connectivity index (χ1v) is 11.7. The molecule has 30 heavy (non-hydrogen) atoms. The van der Waals surface area contributed by atoms with E-state index in [-0.39, 0.29) is 11.8 Å². The number of hydrogen-bond acceptors (Lipinski definition) is 5. The predicted octanol–water partition coefficient (Wildman–Crippen LogP) is 1.47. The van der Waals surface area contributed by atoms with Crippen molar-refractivity contribution in [2.45, 2.75) is 44.7 Å². The lowest BCUT2D eigenvalue weighted by Crippen LogP contribution is -3.18. The highest BCUT2D eigenvalue weighted by Gasteiger charge is 2.26. The Labute approximate surface area is 180 Å². The van der Waals surface area contributed by atoms with E-state index in [1.54, 1.807) is 24.3 Å². The highest BCUT2D eigenvalue weighted by Crippen LogP contribution is 2.25. The number of carboxylic acids is 1. The van der Waals surface area contributed by atoms with E-state index in [9.17, 15) is 14.7 Å². The largest absolute Gasteiger partial charge is 0.550 e. The molecule has 2 N–H and O–H groups in total. The molecule has 2 atom stereocenters. The summed E-state index contributed by atoms with van der Waals surface area (Å²) in [6.07, 6.45) is 7.79. The lowest BCUT2D eigenvalue weighted by molar-refractivity contribution is -0.932. The number of aliphatic carboxylic acids is 1. The minimum Gasteiger partial charge on any atom is -0.550 e. The molecule has 5 rings (SSSR count). The van der Waals surface area contributed by atoms with Crippen molar-refractivity contribution >= 4 is 37.5 Å². The molecule has 0 amide bonds. The monoisotopic (exact) mass is 424 g/mol. The van der Waals surface area contributed by atoms with Crippen molar-refractivity contribution in [1.82, 2.24) is 5.32 Å². The predicted molar refractivity (Wildman–Crippen MR) is 120 cm³/mol. The molecule has 2 fully saturated rings. The standard InChI is InChI=1S/C15H10O3S.C9H18N2/c16-14(17)8-9-5-6-13-11(7-9)15(18)10-3-1-2-4-12(10)19-13;1-2-5-9-10-6-4-8-11(9)7-3-1/h1-7H,8H2,(H,16,17);9-10H,1-8H2. The van der Waals surface area contributed by atoms with Gasteiger partial charge in [-0.15, -0.1) is 11.3 Å². The van der Waals surface area contributed by atoms with Gasteiger partial charge in [0.1, 0.15) is 6.17 Å². The summed E-state index contributed by atoms with van der Waals surface area (Å²) in [4.78, 5) is 24.8. The fourth-order valence-electron chi connectivity index (χ4n) is 4.52. The van der Waals surface area contributed by atoms with E-state index in [1.807, 2.05) is 23.1 Å². The van der Waals surface area contributed by atoms with Gasteiger partial charge in [0.05, 0.1) is 13.1 Å². The van der Waals surface area contributed by atoms with Crippen molar-refractivity contribution in [3.63, 3.8) is 0 Å². The number of carbonyl (C=O) groups excluding carboxylic acids is 1. The Morgan fingerprint density at radius 3 is 2.70 bits per heavy atom. The average molecular weight is 425 g/mol. The molecule has 3 heterocycles. The summed E-state index contributed by atoms with van der Waals surface area (Å²) in [5, 5.41) is 15.5. The van der Waals surface area contributed by atoms with Gasteiger partial charge >= 0.3 is 0 Å². The average Bonchev–Trinajstić information content (AvgIpc) is 3.00. The third-order valence-corrected chi connectivity index (χ3v) is 7.19. The van der Waals surface area contributed by atoms with Gasteiger partial charge in [0.25, 0.3) is 0 Å². The zero-order chi connectivity index (χ0) is 20.9. The first kappa shape index (κ1) is 21.0. The number of rotatable bonds is 2. The number of fused-ring (bicyclic) bond motifs is 3. The van der Waals surface area contributed by atoms with E-state index < -0.39 is 5.97 Å². The van der Waals surface area contributed by atoms with Crippen LogP contribution in [-0.2, 0) is 11.2 Å². The van der Waals surface area contributed by atoms with Gasteiger partial charge in [0.15, 0.2) is 5.43 Å². The molecule has 2 aliphatic rings. The molecule has 0 bridgehead atoms. The molecule has 0 spiro atoms. The van der Waals surface area contributed by atoms with Crippen LogP contribution in [0.4, 0.5) is 0 Å². The van der Waals surface area contributed by atoms with Crippen LogP contribution in [0.15, 0.2) is 47.3 Å². The van der Waals surface area contributed by atoms with E-state index >= 15 is 0 Å². The van der Waals surface area contributed by atoms with Crippen LogP contribution in [0.25, 0.3) is 20.2 Å². The van der Waals surface area contributed by atoms with E-state index in [0.717, 1.165) is 15.6 Å². The molecule has 0 radical (unpaired) electrons. The smallest absolute Gasteiger partial charge is 0.195 e. The lowest BCUT2D eigenvalue weighted by atomic mass is 10.1. The van der Waals surface area contributed by atoms with Crippen molar-refractivity contribution in [2.24, 2.45) is 0 Å². The second-order valence-electron chi connectivity index (χ2n) is 8.17. The van der Waals surface area contributed by atoms with Crippen LogP contribution in [0.1, 0.15) is 37.7 Å². The normalized spacial score (nSPS) is 21.3. The Hall–Kier alpha value is -2.28. The first-order valence-electron chi connectivity index (χ1n) is 10.8. The number of hydrogen-bond donors (Lipinski definition) is 2. The maximum absolute atomic E-state index is 12.4. The summed E-state index contributed by atoms with van der Waals surface area (Å²) < 4.78 is 1.80. The molecule has 5 nitrogen and oxygen atoms in total. The van der Waals surface area contributed by atoms with Gasteiger partial charge in [-0.25, -0.2) is 0 Å². The molecule has 158 valence electrons. The molecule has 0 aliphatic carbocycles. The van der Waals surface area contributed by atoms with E-state index in [0.29, 0.717) is 16.3 Å². The van der Waals surface area contributed by atoms with Crippen LogP contribution >= 0.6 is 11.3 Å². The van der Waals surface area contributed by atoms with Crippen molar-refractivity contribution < 1.29 is 14.8 Å². The zero-order valence-corrected chi connectivity index (χ0v) is 17.9. The second kappa shape index (κ2) is 9.69. The van der Waals surface area contributed by atoms with E-state index in [2.05, 4.69) is 5.32 Å². The molecule has 3 aromatic rings. The molecular weight excluding hydrogens is 396 g/mol. The van der Waals surface area contributed by atoms with Crippen molar-refractivity contribution in [3.8, 4) is 0 Å². The summed E-state index contributed by atoms with van der Waals surface area (Å²) in [5.41, 5.74) is 0.539. The third kappa shape index (κ3) is 4.89. The van der Waals surface area contributed by atoms with Crippen molar-refractivity contribution in [1.29, 1.82) is 0 Å². The SMILES string of the molecule is C1CCC2NCCC[NH+]2CC1.O=C([O-])Cc1ccc2sc3ccccc3c(=O)c2c1. The Bertz CT molecular complexity index is 1080. The van der Waals surface area contributed by atoms with Gasteiger partial charge in [-0.2, -0.15) is 0 Å². The van der Waals surface area contributed by atoms with Gasteiger partial charge in [0, 0.05) is 51.9 Å². The van der Waals surface area contributed by atoms with Gasteiger partial charge in [0.2, 0.25) is 0 Å². The Morgan fingerprint density at radius 1 is 1.03 bits per heavy atom. The highest BCUT2D eigenvalue weighted by molar-refractivity contribution is 7.24. The maximum Gasteiger partial charge on any atom is 0.195 e. The minimum atomic E-state index is -1.14. The highest BCUT2D eigenvalue weighted by atomic mass is 32.1. The minimum absolute atomic E-state index is 0.0513. The summed E-state index contributed by atoms with van der Waals surface area (Å²) in [6.45, 7) is 4.09. The summed E-state index contributed by atoms with van der Waals surface area (Å²) in [7, 11) is 0. The van der Waals surface area contributed by atoms with Crippen LogP contribution in [0.3, 0.4) is 0 Å². The van der Waals surface area contributed by atoms with Crippen molar-refractivity contribution in [2.75, 3.05) is 19.6 Å². The third-order valence-electron chi connectivity index (χ3n) is 6.04. The molecule has 1 aromatic heterocycles. The second-order valence-corrected chi connectivity index (χ2v) is 9.26. The number of nitrogens with one attached hydrogen (secondary N) is 2. The zero-order valence-electron chi connectivity index (χ0n) is 17.1. The fourth-order valence-corrected chi connectivity index (χ4v) is 5.57. The summed E-state index contributed by atoms with van der Waals surface area (Å²) in [6, 6.07) is 12.6. The number of benzene rings is 2. The Balaban J connectivity index is 0.000000168. The van der Waals surface area contributed by atoms with E-state index in [1.165, 1.54) is 63.1 Å². The van der Waals surface area contributed by atoms with Crippen LogP contribution in [0.2, 0.25) is 0 Å². The Morgan fingerprint density at radius 2 is 1.83 bits per heavy atom. The van der Waals surface area contributed by atoms with Gasteiger partial charge in [-0.1, -0.05) is 18.2 Å². The van der Waals surface area contributed by atoms with Crippen molar-refractivity contribution in [3.05, 3.63) is 58.3 Å².